The van der Waals surface area contributed by atoms with Gasteiger partial charge in [0.25, 0.3) is 0 Å². The molecule has 11 atom stereocenters. The molecule has 3 heterocycles. The standard InChI is InChI=1S/C30H49N3O2/c1-18-11-22-15-29-30(35,23-16-26(22)27(12-18)32(4)17-23)8-7-24(31-29)14-21-10-19(2)13-28-25(21)6-5-9-33(28)20(3)34/h18-19,21-28,35H,5-17H2,1-4H3/t18-,19+,21-,22+,23-,24+,25+,26-,27+,28-,30+/m1/s1. The molecule has 196 valence electrons. The Balaban J connectivity index is 1.24. The molecule has 0 spiro atoms. The summed E-state index contributed by atoms with van der Waals surface area (Å²) in [6, 6.07) is 1.51. The van der Waals surface area contributed by atoms with E-state index < -0.39 is 5.60 Å². The van der Waals surface area contributed by atoms with Gasteiger partial charge in [0.05, 0.1) is 6.04 Å². The monoisotopic (exact) mass is 483 g/mol. The summed E-state index contributed by atoms with van der Waals surface area (Å²) in [4.78, 5) is 22.6. The highest BCUT2D eigenvalue weighted by Gasteiger charge is 2.55. The molecule has 0 unspecified atom stereocenters. The topological polar surface area (TPSA) is 56.1 Å². The Labute approximate surface area is 213 Å². The second-order valence-corrected chi connectivity index (χ2v) is 14.0. The van der Waals surface area contributed by atoms with E-state index >= 15 is 0 Å². The van der Waals surface area contributed by atoms with E-state index in [1.807, 2.05) is 0 Å². The first-order valence-corrected chi connectivity index (χ1v) is 15.0. The molecule has 3 saturated carbocycles. The maximum absolute atomic E-state index is 12.4. The van der Waals surface area contributed by atoms with E-state index in [2.05, 4.69) is 30.7 Å². The predicted octanol–water partition coefficient (Wildman–Crippen LogP) is 4.77. The van der Waals surface area contributed by atoms with Crippen LogP contribution in [-0.4, -0.2) is 70.4 Å². The van der Waals surface area contributed by atoms with E-state index in [1.165, 1.54) is 44.2 Å². The molecule has 0 radical (unpaired) electrons. The van der Waals surface area contributed by atoms with Gasteiger partial charge in [-0.1, -0.05) is 13.8 Å². The summed E-state index contributed by atoms with van der Waals surface area (Å²) in [6.45, 7) is 8.58. The number of amides is 1. The first-order chi connectivity index (χ1) is 16.7. The van der Waals surface area contributed by atoms with Crippen molar-refractivity contribution in [2.24, 2.45) is 46.4 Å². The van der Waals surface area contributed by atoms with Crippen LogP contribution in [0.25, 0.3) is 0 Å². The van der Waals surface area contributed by atoms with Crippen molar-refractivity contribution >= 4 is 11.6 Å². The largest absolute Gasteiger partial charge is 0.384 e. The number of hydrogen-bond acceptors (Lipinski definition) is 4. The third kappa shape index (κ3) is 4.21. The molecule has 6 rings (SSSR count). The summed E-state index contributed by atoms with van der Waals surface area (Å²) in [7, 11) is 2.31. The van der Waals surface area contributed by atoms with Crippen molar-refractivity contribution in [3.05, 3.63) is 0 Å². The smallest absolute Gasteiger partial charge is 0.219 e. The van der Waals surface area contributed by atoms with Crippen molar-refractivity contribution in [2.45, 2.75) is 115 Å². The van der Waals surface area contributed by atoms with Gasteiger partial charge in [-0.05, 0) is 113 Å². The summed E-state index contributed by atoms with van der Waals surface area (Å²) < 4.78 is 0. The maximum atomic E-state index is 12.4. The number of aliphatic imine (C=N–C) groups is 1. The molecule has 3 aliphatic carbocycles. The van der Waals surface area contributed by atoms with Crippen molar-refractivity contribution in [3.8, 4) is 0 Å². The van der Waals surface area contributed by atoms with Crippen LogP contribution in [0.3, 0.4) is 0 Å². The van der Waals surface area contributed by atoms with Gasteiger partial charge < -0.3 is 14.9 Å². The molecule has 35 heavy (non-hydrogen) atoms. The molecule has 1 amide bonds. The molecule has 0 aromatic carbocycles. The summed E-state index contributed by atoms with van der Waals surface area (Å²) in [5.74, 6) is 4.84. The van der Waals surface area contributed by atoms with Gasteiger partial charge >= 0.3 is 0 Å². The molecule has 1 N–H and O–H groups in total. The number of nitrogens with zero attached hydrogens (tertiary/aromatic N) is 3. The average Bonchev–Trinajstić information content (AvgIpc) is 2.91. The highest BCUT2D eigenvalue weighted by Crippen LogP contribution is 2.52. The van der Waals surface area contributed by atoms with Crippen LogP contribution in [0.5, 0.6) is 0 Å². The molecular formula is C30H49N3O2. The molecule has 3 aliphatic heterocycles. The zero-order valence-corrected chi connectivity index (χ0v) is 22.7. The number of hydrogen-bond donors (Lipinski definition) is 1. The van der Waals surface area contributed by atoms with Crippen molar-refractivity contribution in [2.75, 3.05) is 20.1 Å². The van der Waals surface area contributed by atoms with Crippen LogP contribution in [0.15, 0.2) is 4.99 Å². The van der Waals surface area contributed by atoms with Crippen molar-refractivity contribution in [1.82, 2.24) is 9.80 Å². The molecule has 6 aliphatic rings. The summed E-state index contributed by atoms with van der Waals surface area (Å²) in [6.07, 6.45) is 12.9. The second-order valence-electron chi connectivity index (χ2n) is 14.0. The number of carbonyl (C=O) groups excluding carboxylic acids is 1. The number of carbonyl (C=O) groups is 1. The van der Waals surface area contributed by atoms with Gasteiger partial charge in [-0.2, -0.15) is 0 Å². The van der Waals surface area contributed by atoms with E-state index in [-0.39, 0.29) is 5.91 Å². The molecule has 0 aromatic rings. The average molecular weight is 484 g/mol. The Hall–Kier alpha value is -0.940. The number of rotatable bonds is 2. The summed E-state index contributed by atoms with van der Waals surface area (Å²) in [5, 5.41) is 12.1. The van der Waals surface area contributed by atoms with Crippen molar-refractivity contribution in [3.63, 3.8) is 0 Å². The van der Waals surface area contributed by atoms with Crippen molar-refractivity contribution in [1.29, 1.82) is 0 Å². The summed E-state index contributed by atoms with van der Waals surface area (Å²) >= 11 is 0. The van der Waals surface area contributed by atoms with Crippen molar-refractivity contribution < 1.29 is 9.90 Å². The minimum atomic E-state index is -0.672. The molecule has 5 nitrogen and oxygen atoms in total. The highest BCUT2D eigenvalue weighted by atomic mass is 16.3. The quantitative estimate of drug-likeness (QED) is 0.615. The van der Waals surface area contributed by atoms with E-state index in [4.69, 9.17) is 4.99 Å². The van der Waals surface area contributed by atoms with Crippen LogP contribution in [0.2, 0.25) is 0 Å². The maximum Gasteiger partial charge on any atom is 0.219 e. The van der Waals surface area contributed by atoms with Gasteiger partial charge in [-0.25, -0.2) is 0 Å². The first-order valence-electron chi connectivity index (χ1n) is 15.0. The van der Waals surface area contributed by atoms with Crippen LogP contribution in [0, 0.1) is 41.4 Å². The Kier molecular flexibility index (Phi) is 6.35. The minimum Gasteiger partial charge on any atom is -0.384 e. The van der Waals surface area contributed by atoms with Crippen LogP contribution in [0.1, 0.15) is 91.4 Å². The molecule has 0 aromatic heterocycles. The number of likely N-dealkylation sites (tertiary alicyclic amines) is 2. The van der Waals surface area contributed by atoms with Gasteiger partial charge in [-0.15, -0.1) is 0 Å². The van der Waals surface area contributed by atoms with Gasteiger partial charge in [-0.3, -0.25) is 9.79 Å². The molecular weight excluding hydrogens is 434 g/mol. The van der Waals surface area contributed by atoms with E-state index in [1.54, 1.807) is 6.92 Å². The third-order valence-corrected chi connectivity index (χ3v) is 11.7. The van der Waals surface area contributed by atoms with Crippen LogP contribution in [-0.2, 0) is 4.79 Å². The van der Waals surface area contributed by atoms with E-state index in [9.17, 15) is 9.90 Å². The normalized spacial score (nSPS) is 50.0. The third-order valence-electron chi connectivity index (χ3n) is 11.7. The highest BCUT2D eigenvalue weighted by molar-refractivity contribution is 5.94. The predicted molar refractivity (Wildman–Crippen MR) is 140 cm³/mol. The van der Waals surface area contributed by atoms with E-state index in [0.29, 0.717) is 47.7 Å². The Morgan fingerprint density at radius 2 is 1.83 bits per heavy atom. The zero-order valence-electron chi connectivity index (χ0n) is 22.7. The molecule has 2 bridgehead atoms. The fourth-order valence-electron chi connectivity index (χ4n) is 10.2. The second kappa shape index (κ2) is 9.11. The lowest BCUT2D eigenvalue weighted by atomic mass is 9.65. The summed E-state index contributed by atoms with van der Waals surface area (Å²) in [5.41, 5.74) is 0.512. The lowest BCUT2D eigenvalue weighted by Gasteiger charge is -2.51. The van der Waals surface area contributed by atoms with Gasteiger partial charge in [0.2, 0.25) is 5.91 Å². The number of aliphatic hydroxyl groups is 1. The fraction of sp³-hybridized carbons (Fsp3) is 0.933. The molecule has 5 heteroatoms. The van der Waals surface area contributed by atoms with Crippen LogP contribution >= 0.6 is 0 Å². The SMILES string of the molecule is CC(=O)N1CCC[C@H]2[C@@H](C[C@@H]3CC[C@@]4(O)C(=N3)C[C@@H]3C[C@@H](C)C[C@H]5[C@@H]3C[C@@H]4CN5C)C[C@H](C)C[C@H]21. The number of fused-ring (bicyclic) bond motifs is 4. The lowest BCUT2D eigenvalue weighted by molar-refractivity contribution is -0.137. The first kappa shape index (κ1) is 24.4. The van der Waals surface area contributed by atoms with Gasteiger partial charge in [0.1, 0.15) is 5.60 Å². The van der Waals surface area contributed by atoms with E-state index in [0.717, 1.165) is 57.0 Å². The zero-order chi connectivity index (χ0) is 24.5. The van der Waals surface area contributed by atoms with Crippen LogP contribution < -0.4 is 0 Å². The van der Waals surface area contributed by atoms with Gasteiger partial charge in [0.15, 0.2) is 0 Å². The Bertz CT molecular complexity index is 859. The molecule has 2 saturated heterocycles. The fourth-order valence-corrected chi connectivity index (χ4v) is 10.2. The molecule has 5 fully saturated rings. The minimum absolute atomic E-state index is 0.269. The van der Waals surface area contributed by atoms with Gasteiger partial charge in [0, 0.05) is 43.7 Å². The Morgan fingerprint density at radius 3 is 2.63 bits per heavy atom. The number of piperidine rings is 2. The lowest BCUT2D eigenvalue weighted by Crippen LogP contribution is -2.57. The Morgan fingerprint density at radius 1 is 1.06 bits per heavy atom. The van der Waals surface area contributed by atoms with Crippen LogP contribution in [0.4, 0.5) is 0 Å².